The molecular formula is C18H22BrClO3. The Morgan fingerprint density at radius 2 is 1.87 bits per heavy atom. The minimum atomic E-state index is -0.773. The summed E-state index contributed by atoms with van der Waals surface area (Å²) < 4.78 is 4.86. The van der Waals surface area contributed by atoms with Crippen molar-refractivity contribution >= 4 is 39.3 Å². The Morgan fingerprint density at radius 1 is 1.26 bits per heavy atom. The number of methoxy groups -OCH3 is 1. The zero-order chi connectivity index (χ0) is 17.4. The second-order valence-corrected chi connectivity index (χ2v) is 6.71. The smallest absolute Gasteiger partial charge is 0.316 e. The first-order valence-electron chi connectivity index (χ1n) is 7.43. The van der Waals surface area contributed by atoms with Crippen LogP contribution in [0.25, 0.3) is 0 Å². The highest BCUT2D eigenvalue weighted by Crippen LogP contribution is 2.26. The molecule has 0 aliphatic carbocycles. The molecule has 0 aliphatic heterocycles. The molecule has 0 radical (unpaired) electrons. The van der Waals surface area contributed by atoms with Crippen LogP contribution < -0.4 is 0 Å². The summed E-state index contributed by atoms with van der Waals surface area (Å²) in [6, 6.07) is 7.47. The molecule has 2 atom stereocenters. The molecule has 23 heavy (non-hydrogen) atoms. The number of rotatable bonds is 8. The summed E-state index contributed by atoms with van der Waals surface area (Å²) in [5.41, 5.74) is 2.19. The van der Waals surface area contributed by atoms with Crippen LogP contribution in [0.3, 0.4) is 0 Å². The number of hydrogen-bond acceptors (Lipinski definition) is 3. The molecule has 0 fully saturated rings. The molecule has 1 rings (SSSR count). The first-order valence-corrected chi connectivity index (χ1v) is 8.93. The molecule has 0 bridgehead atoms. The van der Waals surface area contributed by atoms with E-state index >= 15 is 0 Å². The monoisotopic (exact) mass is 400 g/mol. The van der Waals surface area contributed by atoms with Crippen molar-refractivity contribution in [2.45, 2.75) is 26.7 Å². The van der Waals surface area contributed by atoms with Gasteiger partial charge in [0, 0.05) is 5.02 Å². The minimum absolute atomic E-state index is 0.138. The lowest BCUT2D eigenvalue weighted by molar-refractivity contribution is -0.151. The summed E-state index contributed by atoms with van der Waals surface area (Å²) in [5.74, 6) is -1.55. The van der Waals surface area contributed by atoms with Crippen LogP contribution in [-0.2, 0) is 20.7 Å². The van der Waals surface area contributed by atoms with E-state index in [9.17, 15) is 9.59 Å². The van der Waals surface area contributed by atoms with Gasteiger partial charge >= 0.3 is 5.97 Å². The Bertz CT molecular complexity index is 546. The number of ketones is 1. The average molecular weight is 402 g/mol. The number of hydrogen-bond donors (Lipinski definition) is 0. The fourth-order valence-corrected chi connectivity index (χ4v) is 2.92. The number of alkyl halides is 1. The maximum Gasteiger partial charge on any atom is 0.316 e. The first kappa shape index (κ1) is 19.9. The van der Waals surface area contributed by atoms with E-state index in [0.29, 0.717) is 17.9 Å². The molecule has 0 spiro atoms. The summed E-state index contributed by atoms with van der Waals surface area (Å²) in [6.07, 6.45) is 3.31. The molecule has 3 nitrogen and oxygen atoms in total. The van der Waals surface area contributed by atoms with E-state index < -0.39 is 11.9 Å². The van der Waals surface area contributed by atoms with Crippen LogP contribution in [0.2, 0.25) is 5.02 Å². The van der Waals surface area contributed by atoms with Crippen LogP contribution >= 0.6 is 27.5 Å². The second kappa shape index (κ2) is 9.89. The molecule has 1 aromatic carbocycles. The van der Waals surface area contributed by atoms with Crippen molar-refractivity contribution < 1.29 is 14.3 Å². The highest BCUT2D eigenvalue weighted by Gasteiger charge is 2.34. The van der Waals surface area contributed by atoms with Gasteiger partial charge in [0.05, 0.1) is 12.4 Å². The minimum Gasteiger partial charge on any atom is -0.468 e. The van der Waals surface area contributed by atoms with Crippen LogP contribution in [-0.4, -0.2) is 24.2 Å². The Labute approximate surface area is 151 Å². The molecule has 5 heteroatoms. The van der Waals surface area contributed by atoms with Crippen LogP contribution in [0, 0.1) is 11.8 Å². The fraction of sp³-hybridized carbons (Fsp3) is 0.444. The zero-order valence-corrected chi connectivity index (χ0v) is 16.0. The lowest BCUT2D eigenvalue weighted by Gasteiger charge is -2.23. The number of esters is 1. The van der Waals surface area contributed by atoms with Gasteiger partial charge in [-0.15, -0.1) is 0 Å². The normalized spacial score (nSPS) is 13.1. The summed E-state index contributed by atoms with van der Waals surface area (Å²) >= 11 is 9.08. The van der Waals surface area contributed by atoms with Gasteiger partial charge < -0.3 is 4.74 Å². The van der Waals surface area contributed by atoms with E-state index in [1.807, 2.05) is 38.1 Å². The van der Waals surface area contributed by atoms with Crippen molar-refractivity contribution in [3.63, 3.8) is 0 Å². The molecule has 0 amide bonds. The molecule has 0 aliphatic rings. The molecule has 1 aromatic rings. The molecular weight excluding hydrogens is 380 g/mol. The maximum absolute atomic E-state index is 12.3. The molecule has 0 saturated heterocycles. The largest absolute Gasteiger partial charge is 0.468 e. The van der Waals surface area contributed by atoms with Crippen LogP contribution in [0.4, 0.5) is 0 Å². The van der Waals surface area contributed by atoms with Gasteiger partial charge in [-0.25, -0.2) is 0 Å². The molecule has 0 heterocycles. The van der Waals surface area contributed by atoms with Gasteiger partial charge in [-0.3, -0.25) is 9.59 Å². The molecule has 0 N–H and O–H groups in total. The molecule has 2 unspecified atom stereocenters. The van der Waals surface area contributed by atoms with E-state index in [0.717, 1.165) is 11.1 Å². The Hall–Kier alpha value is -1.13. The van der Waals surface area contributed by atoms with Crippen molar-refractivity contribution in [1.29, 1.82) is 0 Å². The Balaban J connectivity index is 3.09. The molecule has 0 aromatic heterocycles. The van der Waals surface area contributed by atoms with Crippen molar-refractivity contribution in [2.24, 2.45) is 11.8 Å². The third kappa shape index (κ3) is 6.48. The van der Waals surface area contributed by atoms with Crippen molar-refractivity contribution in [3.8, 4) is 0 Å². The average Bonchev–Trinajstić information content (AvgIpc) is 2.53. The summed E-state index contributed by atoms with van der Waals surface area (Å²) in [4.78, 5) is 24.4. The van der Waals surface area contributed by atoms with Gasteiger partial charge in [0.2, 0.25) is 0 Å². The predicted molar refractivity (Wildman–Crippen MR) is 97.0 cm³/mol. The van der Waals surface area contributed by atoms with E-state index in [-0.39, 0.29) is 17.0 Å². The third-order valence-electron chi connectivity index (χ3n) is 3.65. The highest BCUT2D eigenvalue weighted by atomic mass is 79.9. The van der Waals surface area contributed by atoms with E-state index in [2.05, 4.69) is 22.0 Å². The fourth-order valence-electron chi connectivity index (χ4n) is 2.44. The van der Waals surface area contributed by atoms with Crippen LogP contribution in [0.5, 0.6) is 0 Å². The van der Waals surface area contributed by atoms with Crippen molar-refractivity contribution in [2.75, 3.05) is 12.4 Å². The number of ether oxygens (including phenoxy) is 1. The van der Waals surface area contributed by atoms with Gasteiger partial charge in [-0.2, -0.15) is 0 Å². The van der Waals surface area contributed by atoms with Gasteiger partial charge in [0.25, 0.3) is 0 Å². The quantitative estimate of drug-likeness (QED) is 0.276. The zero-order valence-electron chi connectivity index (χ0n) is 13.6. The standard InChI is InChI=1S/C18H22BrClO3/c1-12(2)4-7-14(10-13-5-8-15(20)9-6-13)17(16(21)11-19)18(22)23-3/h4-6,8-9,14,17H,7,10-11H2,1-3H3. The van der Waals surface area contributed by atoms with E-state index in [1.165, 1.54) is 7.11 Å². The predicted octanol–water partition coefficient (Wildman–Crippen LogP) is 4.61. The molecule has 0 saturated carbocycles. The van der Waals surface area contributed by atoms with E-state index in [4.69, 9.17) is 16.3 Å². The lowest BCUT2D eigenvalue weighted by Crippen LogP contribution is -2.34. The van der Waals surface area contributed by atoms with Gasteiger partial charge in [-0.1, -0.05) is 51.3 Å². The number of Topliss-reactive ketones (excluding diaryl/α,β-unsaturated/α-hetero) is 1. The van der Waals surface area contributed by atoms with Gasteiger partial charge in [0.15, 0.2) is 5.78 Å². The lowest BCUT2D eigenvalue weighted by atomic mass is 9.81. The number of carbonyl (C=O) groups excluding carboxylic acids is 2. The first-order chi connectivity index (χ1) is 10.9. The molecule has 126 valence electrons. The number of carbonyl (C=O) groups is 2. The van der Waals surface area contributed by atoms with Crippen molar-refractivity contribution in [1.82, 2.24) is 0 Å². The third-order valence-corrected chi connectivity index (χ3v) is 4.45. The number of halogens is 2. The summed E-state index contributed by atoms with van der Waals surface area (Å²) in [7, 11) is 1.32. The van der Waals surface area contributed by atoms with Gasteiger partial charge in [-0.05, 0) is 50.3 Å². The van der Waals surface area contributed by atoms with Crippen LogP contribution in [0.1, 0.15) is 25.8 Å². The highest BCUT2D eigenvalue weighted by molar-refractivity contribution is 9.09. The summed E-state index contributed by atoms with van der Waals surface area (Å²) in [6.45, 7) is 4.00. The van der Waals surface area contributed by atoms with Crippen LogP contribution in [0.15, 0.2) is 35.9 Å². The maximum atomic E-state index is 12.3. The second-order valence-electron chi connectivity index (χ2n) is 5.71. The topological polar surface area (TPSA) is 43.4 Å². The Kier molecular flexibility index (Phi) is 8.56. The number of benzene rings is 1. The number of allylic oxidation sites excluding steroid dienone is 2. The summed E-state index contributed by atoms with van der Waals surface area (Å²) in [5, 5.41) is 0.800. The Morgan fingerprint density at radius 3 is 2.35 bits per heavy atom. The van der Waals surface area contributed by atoms with Crippen molar-refractivity contribution in [3.05, 3.63) is 46.5 Å². The SMILES string of the molecule is COC(=O)C(C(=O)CBr)C(CC=C(C)C)Cc1ccc(Cl)cc1. The van der Waals surface area contributed by atoms with E-state index in [1.54, 1.807) is 0 Å². The van der Waals surface area contributed by atoms with Gasteiger partial charge in [0.1, 0.15) is 5.92 Å².